The first-order chi connectivity index (χ1) is 20.1. The van der Waals surface area contributed by atoms with Crippen molar-refractivity contribution in [2.45, 2.75) is 24.4 Å². The van der Waals surface area contributed by atoms with Gasteiger partial charge in [-0.1, -0.05) is 48.5 Å². The van der Waals surface area contributed by atoms with Crippen molar-refractivity contribution in [1.29, 1.82) is 0 Å². The number of imide groups is 1. The van der Waals surface area contributed by atoms with Gasteiger partial charge in [0.15, 0.2) is 0 Å². The average Bonchev–Trinajstić information content (AvgIpc) is 3.34. The van der Waals surface area contributed by atoms with Crippen LogP contribution in [0.15, 0.2) is 89.8 Å². The molecule has 42 heavy (non-hydrogen) atoms. The Morgan fingerprint density at radius 2 is 1.57 bits per heavy atom. The van der Waals surface area contributed by atoms with Crippen LogP contribution in [0, 0.1) is 0 Å². The number of fused-ring (bicyclic) bond motifs is 1. The predicted molar refractivity (Wildman–Crippen MR) is 162 cm³/mol. The Labute approximate surface area is 247 Å². The first kappa shape index (κ1) is 29.0. The maximum Gasteiger partial charge on any atom is 0.319 e. The van der Waals surface area contributed by atoms with E-state index < -0.39 is 27.9 Å². The van der Waals surface area contributed by atoms with Crippen molar-refractivity contribution in [3.05, 3.63) is 112 Å². The number of carbonyl (C=O) groups is 3. The molecule has 0 bridgehead atoms. The van der Waals surface area contributed by atoms with Crippen LogP contribution in [0.1, 0.15) is 36.7 Å². The molecule has 0 atom stereocenters. The number of hydrogen-bond acceptors (Lipinski definition) is 7. The Morgan fingerprint density at radius 1 is 0.929 bits per heavy atom. The van der Waals surface area contributed by atoms with Crippen LogP contribution >= 0.6 is 11.3 Å². The Hall–Kier alpha value is -4.52. The minimum absolute atomic E-state index is 0.0250. The van der Waals surface area contributed by atoms with E-state index in [1.165, 1.54) is 47.0 Å². The number of carbonyl (C=O) groups excluding carboxylic acids is 3. The summed E-state index contributed by atoms with van der Waals surface area (Å²) in [4.78, 5) is 40.9. The molecule has 10 nitrogen and oxygen atoms in total. The molecule has 0 spiro atoms. The van der Waals surface area contributed by atoms with Crippen LogP contribution in [0.25, 0.3) is 0 Å². The van der Waals surface area contributed by atoms with Gasteiger partial charge in [0, 0.05) is 37.1 Å². The Bertz CT molecular complexity index is 1720. The van der Waals surface area contributed by atoms with Crippen molar-refractivity contribution >= 4 is 49.9 Å². The van der Waals surface area contributed by atoms with Crippen molar-refractivity contribution in [3.8, 4) is 0 Å². The highest BCUT2D eigenvalue weighted by atomic mass is 32.2. The number of thiophene rings is 1. The van der Waals surface area contributed by atoms with Gasteiger partial charge in [0.1, 0.15) is 5.00 Å². The minimum atomic E-state index is -3.85. The predicted octanol–water partition coefficient (Wildman–Crippen LogP) is 4.19. The number of sulfonamides is 1. The lowest BCUT2D eigenvalue weighted by atomic mass is 10.0. The van der Waals surface area contributed by atoms with Crippen LogP contribution in [0.4, 0.5) is 15.5 Å². The lowest BCUT2D eigenvalue weighted by Crippen LogP contribution is -2.36. The van der Waals surface area contributed by atoms with Crippen LogP contribution in [-0.4, -0.2) is 44.8 Å². The normalized spacial score (nSPS) is 13.2. The molecule has 0 radical (unpaired) electrons. The van der Waals surface area contributed by atoms with Crippen molar-refractivity contribution in [2.75, 3.05) is 23.2 Å². The molecule has 5 rings (SSSR count). The molecule has 0 aliphatic carbocycles. The lowest BCUT2D eigenvalue weighted by molar-refractivity contribution is 0.0965. The monoisotopic (exact) mass is 603 g/mol. The van der Waals surface area contributed by atoms with Crippen molar-refractivity contribution < 1.29 is 22.8 Å². The summed E-state index contributed by atoms with van der Waals surface area (Å²) < 4.78 is 27.4. The van der Waals surface area contributed by atoms with Gasteiger partial charge in [-0.05, 0) is 53.9 Å². The number of nitrogens with zero attached hydrogens (tertiary/aromatic N) is 2. The quantitative estimate of drug-likeness (QED) is 0.276. The lowest BCUT2D eigenvalue weighted by Gasteiger charge is -2.27. The summed E-state index contributed by atoms with van der Waals surface area (Å²) >= 11 is 1.27. The molecule has 12 heteroatoms. The summed E-state index contributed by atoms with van der Waals surface area (Å²) in [6, 6.07) is 23.3. The van der Waals surface area contributed by atoms with E-state index in [4.69, 9.17) is 5.73 Å². The fourth-order valence-electron chi connectivity index (χ4n) is 4.82. The summed E-state index contributed by atoms with van der Waals surface area (Å²) in [5, 5.41) is 5.21. The fourth-order valence-corrected chi connectivity index (χ4v) is 7.30. The number of benzene rings is 3. The van der Waals surface area contributed by atoms with E-state index in [2.05, 4.69) is 27.7 Å². The fraction of sp³-hybridized carbons (Fsp3) is 0.167. The zero-order valence-corrected chi connectivity index (χ0v) is 24.4. The third kappa shape index (κ3) is 6.20. The molecule has 4 aromatic rings. The van der Waals surface area contributed by atoms with Crippen molar-refractivity contribution in [1.82, 2.24) is 10.2 Å². The van der Waals surface area contributed by atoms with Crippen LogP contribution in [0.2, 0.25) is 0 Å². The number of nitrogens with one attached hydrogen (secondary N) is 2. The first-order valence-electron chi connectivity index (χ1n) is 13.1. The second kappa shape index (κ2) is 12.1. The second-order valence-corrected chi connectivity index (χ2v) is 12.8. The number of urea groups is 1. The van der Waals surface area contributed by atoms with Crippen molar-refractivity contribution in [3.63, 3.8) is 0 Å². The number of primary amides is 1. The van der Waals surface area contributed by atoms with Crippen LogP contribution < -0.4 is 20.7 Å². The molecular weight excluding hydrogens is 574 g/mol. The highest BCUT2D eigenvalue weighted by Gasteiger charge is 2.30. The summed E-state index contributed by atoms with van der Waals surface area (Å²) in [5.74, 6) is -1.21. The molecule has 0 unspecified atom stereocenters. The molecule has 216 valence electrons. The summed E-state index contributed by atoms with van der Waals surface area (Å²) in [6.45, 7) is 2.00. The Balaban J connectivity index is 1.37. The van der Waals surface area contributed by atoms with Gasteiger partial charge in [-0.15, -0.1) is 11.3 Å². The van der Waals surface area contributed by atoms with E-state index in [-0.39, 0.29) is 16.0 Å². The number of para-hydroxylation sites is 1. The van der Waals surface area contributed by atoms with E-state index in [9.17, 15) is 22.8 Å². The minimum Gasteiger partial charge on any atom is -0.351 e. The average molecular weight is 604 g/mol. The largest absolute Gasteiger partial charge is 0.351 e. The standard InChI is InChI=1S/C30H29N5O5S2/c1-34(22-10-6-3-7-11-22)42(39,40)23-14-12-21(13-15-23)27(36)32-29-26(28(37)33-30(31)38)24-16-17-35(19-25(24)41-29)18-20-8-4-2-5-9-20/h2-15H,16-19H2,1H3,(H,32,36)(H3,31,33,37,38). The number of rotatable bonds is 8. The zero-order valence-electron chi connectivity index (χ0n) is 22.7. The molecule has 2 heterocycles. The smallest absolute Gasteiger partial charge is 0.319 e. The summed E-state index contributed by atoms with van der Waals surface area (Å²) in [5.41, 5.74) is 8.07. The van der Waals surface area contributed by atoms with Gasteiger partial charge in [-0.2, -0.15) is 0 Å². The van der Waals surface area contributed by atoms with Gasteiger partial charge < -0.3 is 11.1 Å². The van der Waals surface area contributed by atoms with Gasteiger partial charge in [0.25, 0.3) is 21.8 Å². The van der Waals surface area contributed by atoms with Crippen LogP contribution in [-0.2, 0) is 29.5 Å². The number of amides is 4. The summed E-state index contributed by atoms with van der Waals surface area (Å²) in [7, 11) is -2.39. The molecule has 0 fully saturated rings. The van der Waals surface area contributed by atoms with Gasteiger partial charge in [-0.3, -0.25) is 24.1 Å². The van der Waals surface area contributed by atoms with Crippen LogP contribution in [0.5, 0.6) is 0 Å². The van der Waals surface area contributed by atoms with Gasteiger partial charge >= 0.3 is 6.03 Å². The number of hydrogen-bond donors (Lipinski definition) is 3. The van der Waals surface area contributed by atoms with E-state index in [0.717, 1.165) is 22.5 Å². The van der Waals surface area contributed by atoms with Gasteiger partial charge in [0.05, 0.1) is 16.1 Å². The molecule has 1 aliphatic heterocycles. The third-order valence-corrected chi connectivity index (χ3v) is 9.90. The van der Waals surface area contributed by atoms with Gasteiger partial charge in [0.2, 0.25) is 0 Å². The van der Waals surface area contributed by atoms with E-state index >= 15 is 0 Å². The second-order valence-electron chi connectivity index (χ2n) is 9.76. The highest BCUT2D eigenvalue weighted by Crippen LogP contribution is 2.38. The van der Waals surface area contributed by atoms with Gasteiger partial charge in [-0.25, -0.2) is 13.2 Å². The van der Waals surface area contributed by atoms with Crippen molar-refractivity contribution in [2.24, 2.45) is 5.73 Å². The van der Waals surface area contributed by atoms with Crippen LogP contribution in [0.3, 0.4) is 0 Å². The molecule has 3 aromatic carbocycles. The number of nitrogens with two attached hydrogens (primary N) is 1. The molecular formula is C30H29N5O5S2. The van der Waals surface area contributed by atoms with E-state index in [1.807, 2.05) is 18.2 Å². The molecule has 0 saturated heterocycles. The van der Waals surface area contributed by atoms with E-state index in [0.29, 0.717) is 30.2 Å². The Morgan fingerprint density at radius 3 is 2.21 bits per heavy atom. The molecule has 1 aliphatic rings. The topological polar surface area (TPSA) is 142 Å². The molecule has 1 aromatic heterocycles. The zero-order chi connectivity index (χ0) is 29.9. The highest BCUT2D eigenvalue weighted by molar-refractivity contribution is 7.92. The first-order valence-corrected chi connectivity index (χ1v) is 15.4. The third-order valence-electron chi connectivity index (χ3n) is 6.97. The van der Waals surface area contributed by atoms with E-state index in [1.54, 1.807) is 30.3 Å². The maximum absolute atomic E-state index is 13.2. The SMILES string of the molecule is CN(c1ccccc1)S(=O)(=O)c1ccc(C(=O)Nc2sc3c(c2C(=O)NC(N)=O)CCN(Cc2ccccc2)C3)cc1. The Kier molecular flexibility index (Phi) is 8.39. The molecule has 4 amide bonds. The molecule has 4 N–H and O–H groups in total. The molecule has 0 saturated carbocycles. The number of anilines is 2. The maximum atomic E-state index is 13.2. The summed E-state index contributed by atoms with van der Waals surface area (Å²) in [6.07, 6.45) is 0.553.